The molecular formula is C14H30N2O3. The van der Waals surface area contributed by atoms with Crippen LogP contribution in [0.3, 0.4) is 0 Å². The molecule has 2 atom stereocenters. The molecule has 0 aliphatic carbocycles. The molecular weight excluding hydrogens is 244 g/mol. The Hall–Kier alpha value is -0.810. The van der Waals surface area contributed by atoms with Crippen molar-refractivity contribution in [1.29, 1.82) is 0 Å². The van der Waals surface area contributed by atoms with Gasteiger partial charge in [0.05, 0.1) is 11.2 Å². The number of hydrogen-bond acceptors (Lipinski definition) is 3. The molecule has 0 aromatic carbocycles. The summed E-state index contributed by atoms with van der Waals surface area (Å²) >= 11 is 0. The molecule has 0 bridgehead atoms. The third-order valence-corrected chi connectivity index (χ3v) is 3.58. The van der Waals surface area contributed by atoms with Crippen molar-refractivity contribution in [2.24, 2.45) is 5.92 Å². The number of aliphatic hydroxyl groups is 1. The summed E-state index contributed by atoms with van der Waals surface area (Å²) in [5.74, 6) is 0.0812. The van der Waals surface area contributed by atoms with E-state index in [1.165, 1.54) is 0 Å². The molecule has 5 heteroatoms. The van der Waals surface area contributed by atoms with Gasteiger partial charge >= 0.3 is 6.03 Å². The average molecular weight is 274 g/mol. The van der Waals surface area contributed by atoms with Crippen molar-refractivity contribution >= 4 is 6.03 Å². The Kier molecular flexibility index (Phi) is 6.80. The maximum Gasteiger partial charge on any atom is 0.315 e. The third-order valence-electron chi connectivity index (χ3n) is 3.58. The Morgan fingerprint density at radius 2 is 1.79 bits per heavy atom. The van der Waals surface area contributed by atoms with Gasteiger partial charge in [0.2, 0.25) is 0 Å². The predicted octanol–water partition coefficient (Wildman–Crippen LogP) is 1.90. The minimum Gasteiger partial charge on any atom is -0.388 e. The average Bonchev–Trinajstić information content (AvgIpc) is 2.25. The van der Waals surface area contributed by atoms with E-state index in [4.69, 9.17) is 4.74 Å². The zero-order chi connectivity index (χ0) is 15.3. The SMILES string of the molecule is COC(C)(C)CC(C)NC(=O)NCC(C)(O)C(C)C. The normalized spacial score (nSPS) is 16.9. The van der Waals surface area contributed by atoms with E-state index in [2.05, 4.69) is 10.6 Å². The highest BCUT2D eigenvalue weighted by molar-refractivity contribution is 5.74. The van der Waals surface area contributed by atoms with Gasteiger partial charge in [0.15, 0.2) is 0 Å². The number of rotatable bonds is 7. The van der Waals surface area contributed by atoms with E-state index in [-0.39, 0.29) is 30.1 Å². The Balaban J connectivity index is 4.12. The van der Waals surface area contributed by atoms with Crippen molar-refractivity contribution in [3.05, 3.63) is 0 Å². The van der Waals surface area contributed by atoms with Gasteiger partial charge in [0.1, 0.15) is 0 Å². The van der Waals surface area contributed by atoms with Gasteiger partial charge in [-0.15, -0.1) is 0 Å². The summed E-state index contributed by atoms with van der Waals surface area (Å²) in [6, 6.07) is -0.265. The first kappa shape index (κ1) is 18.2. The van der Waals surface area contributed by atoms with Crippen molar-refractivity contribution in [2.45, 2.75) is 65.2 Å². The second kappa shape index (κ2) is 7.10. The van der Waals surface area contributed by atoms with Crippen LogP contribution in [-0.4, -0.2) is 42.0 Å². The maximum atomic E-state index is 11.7. The van der Waals surface area contributed by atoms with Gasteiger partial charge < -0.3 is 20.5 Å². The van der Waals surface area contributed by atoms with E-state index in [1.54, 1.807) is 14.0 Å². The van der Waals surface area contributed by atoms with Crippen molar-refractivity contribution < 1.29 is 14.6 Å². The maximum absolute atomic E-state index is 11.7. The first-order valence-electron chi connectivity index (χ1n) is 6.82. The lowest BCUT2D eigenvalue weighted by Gasteiger charge is -2.29. The molecule has 0 aromatic rings. The first-order valence-corrected chi connectivity index (χ1v) is 6.82. The highest BCUT2D eigenvalue weighted by atomic mass is 16.5. The number of urea groups is 1. The Morgan fingerprint density at radius 3 is 2.21 bits per heavy atom. The second-order valence-corrected chi connectivity index (χ2v) is 6.41. The van der Waals surface area contributed by atoms with Crippen LogP contribution in [0.2, 0.25) is 0 Å². The highest BCUT2D eigenvalue weighted by Crippen LogP contribution is 2.16. The van der Waals surface area contributed by atoms with Crippen LogP contribution in [0.5, 0.6) is 0 Å². The Bertz CT molecular complexity index is 288. The summed E-state index contributed by atoms with van der Waals surface area (Å²) < 4.78 is 5.32. The molecule has 2 unspecified atom stereocenters. The molecule has 3 N–H and O–H groups in total. The van der Waals surface area contributed by atoms with Crippen molar-refractivity contribution in [3.63, 3.8) is 0 Å². The summed E-state index contributed by atoms with van der Waals surface area (Å²) in [6.45, 7) is 11.7. The molecule has 0 fully saturated rings. The molecule has 0 aromatic heterocycles. The predicted molar refractivity (Wildman–Crippen MR) is 77.2 cm³/mol. The topological polar surface area (TPSA) is 70.6 Å². The first-order chi connectivity index (χ1) is 8.50. The van der Waals surface area contributed by atoms with Crippen LogP contribution < -0.4 is 10.6 Å². The van der Waals surface area contributed by atoms with Crippen molar-refractivity contribution in [2.75, 3.05) is 13.7 Å². The molecule has 0 aliphatic heterocycles. The molecule has 5 nitrogen and oxygen atoms in total. The number of methoxy groups -OCH3 is 1. The summed E-state index contributed by atoms with van der Waals surface area (Å²) in [4.78, 5) is 11.7. The van der Waals surface area contributed by atoms with Crippen LogP contribution in [-0.2, 0) is 4.74 Å². The molecule has 19 heavy (non-hydrogen) atoms. The minimum absolute atomic E-state index is 0.000973. The fourth-order valence-corrected chi connectivity index (χ4v) is 1.61. The quantitative estimate of drug-likeness (QED) is 0.664. The third kappa shape index (κ3) is 7.38. The lowest BCUT2D eigenvalue weighted by Crippen LogP contribution is -2.50. The van der Waals surface area contributed by atoms with E-state index >= 15 is 0 Å². The molecule has 0 heterocycles. The molecule has 0 radical (unpaired) electrons. The molecule has 2 amide bonds. The Labute approximate surface area is 117 Å². The van der Waals surface area contributed by atoms with Gasteiger partial charge in [-0.25, -0.2) is 4.79 Å². The number of amides is 2. The number of carbonyl (C=O) groups excluding carboxylic acids is 1. The fraction of sp³-hybridized carbons (Fsp3) is 0.929. The van der Waals surface area contributed by atoms with Crippen LogP contribution in [0, 0.1) is 5.92 Å². The van der Waals surface area contributed by atoms with E-state index in [1.807, 2.05) is 34.6 Å². The van der Waals surface area contributed by atoms with Crippen molar-refractivity contribution in [3.8, 4) is 0 Å². The second-order valence-electron chi connectivity index (χ2n) is 6.41. The van der Waals surface area contributed by atoms with Gasteiger partial charge in [-0.05, 0) is 40.0 Å². The number of hydrogen-bond donors (Lipinski definition) is 3. The van der Waals surface area contributed by atoms with Crippen LogP contribution in [0.1, 0.15) is 48.0 Å². The fourth-order valence-electron chi connectivity index (χ4n) is 1.61. The molecule has 0 aliphatic rings. The minimum atomic E-state index is -0.896. The van der Waals surface area contributed by atoms with Crippen molar-refractivity contribution in [1.82, 2.24) is 10.6 Å². The lowest BCUT2D eigenvalue weighted by atomic mass is 9.93. The van der Waals surface area contributed by atoms with Crippen LogP contribution >= 0.6 is 0 Å². The van der Waals surface area contributed by atoms with Crippen LogP contribution in [0.4, 0.5) is 4.79 Å². The smallest absolute Gasteiger partial charge is 0.315 e. The summed E-state index contributed by atoms with van der Waals surface area (Å²) in [7, 11) is 1.66. The number of nitrogens with one attached hydrogen (secondary N) is 2. The zero-order valence-corrected chi connectivity index (χ0v) is 13.3. The van der Waals surface area contributed by atoms with E-state index < -0.39 is 5.60 Å². The van der Waals surface area contributed by atoms with Gasteiger partial charge in [-0.3, -0.25) is 0 Å². The molecule has 0 saturated carbocycles. The summed E-state index contributed by atoms with van der Waals surface area (Å²) in [5.41, 5.74) is -1.16. The lowest BCUT2D eigenvalue weighted by molar-refractivity contribution is 0.00841. The van der Waals surface area contributed by atoms with Gasteiger partial charge in [0, 0.05) is 19.7 Å². The van der Waals surface area contributed by atoms with Crippen LogP contribution in [0.25, 0.3) is 0 Å². The van der Waals surface area contributed by atoms with E-state index in [0.29, 0.717) is 0 Å². The van der Waals surface area contributed by atoms with Gasteiger partial charge in [-0.1, -0.05) is 13.8 Å². The van der Waals surface area contributed by atoms with E-state index in [9.17, 15) is 9.90 Å². The summed E-state index contributed by atoms with van der Waals surface area (Å²) in [5, 5.41) is 15.6. The molecule has 0 spiro atoms. The van der Waals surface area contributed by atoms with E-state index in [0.717, 1.165) is 6.42 Å². The largest absolute Gasteiger partial charge is 0.388 e. The zero-order valence-electron chi connectivity index (χ0n) is 13.3. The Morgan fingerprint density at radius 1 is 1.26 bits per heavy atom. The monoisotopic (exact) mass is 274 g/mol. The molecule has 114 valence electrons. The summed E-state index contributed by atoms with van der Waals surface area (Å²) in [6.07, 6.45) is 0.720. The standard InChI is InChI=1S/C14H30N2O3/c1-10(2)14(6,18)9-15-12(17)16-11(3)8-13(4,5)19-7/h10-11,18H,8-9H2,1-7H3,(H2,15,16,17). The molecule has 0 rings (SSSR count). The van der Waals surface area contributed by atoms with Gasteiger partial charge in [0.25, 0.3) is 0 Å². The van der Waals surface area contributed by atoms with Crippen LogP contribution in [0.15, 0.2) is 0 Å². The van der Waals surface area contributed by atoms with Gasteiger partial charge in [-0.2, -0.15) is 0 Å². The number of ether oxygens (including phenoxy) is 1. The highest BCUT2D eigenvalue weighted by Gasteiger charge is 2.26. The number of carbonyl (C=O) groups is 1. The molecule has 0 saturated heterocycles.